The van der Waals surface area contributed by atoms with Crippen LogP contribution in [0.2, 0.25) is 0 Å². The monoisotopic (exact) mass is 155 g/mol. The molecule has 0 aromatic rings. The Bertz CT molecular complexity index is 193. The van der Waals surface area contributed by atoms with Gasteiger partial charge in [0.15, 0.2) is 0 Å². The molecule has 11 heavy (non-hydrogen) atoms. The van der Waals surface area contributed by atoms with E-state index in [0.29, 0.717) is 6.61 Å². The van der Waals surface area contributed by atoms with E-state index in [9.17, 15) is 4.79 Å². The highest BCUT2D eigenvalue weighted by Crippen LogP contribution is 2.38. The van der Waals surface area contributed by atoms with Crippen molar-refractivity contribution in [3.8, 4) is 0 Å². The molecule has 0 saturated carbocycles. The highest BCUT2D eigenvalue weighted by molar-refractivity contribution is 5.75. The van der Waals surface area contributed by atoms with Crippen LogP contribution in [0, 0.1) is 11.3 Å². The van der Waals surface area contributed by atoms with Crippen molar-refractivity contribution in [3.63, 3.8) is 0 Å². The Kier molecular flexibility index (Phi) is 1.42. The van der Waals surface area contributed by atoms with Gasteiger partial charge < -0.3 is 10.1 Å². The van der Waals surface area contributed by atoms with Crippen molar-refractivity contribution in [1.29, 1.82) is 0 Å². The number of fused-ring (bicyclic) bond motifs is 1. The number of hydrogen-bond donors (Lipinski definition) is 1. The van der Waals surface area contributed by atoms with Gasteiger partial charge in [-0.15, -0.1) is 0 Å². The number of ether oxygens (including phenoxy) is 1. The predicted molar refractivity (Wildman–Crippen MR) is 40.0 cm³/mol. The first-order valence-electron chi connectivity index (χ1n) is 4.10. The van der Waals surface area contributed by atoms with E-state index in [-0.39, 0.29) is 17.3 Å². The molecule has 62 valence electrons. The molecule has 2 saturated heterocycles. The summed E-state index contributed by atoms with van der Waals surface area (Å²) >= 11 is 0. The van der Waals surface area contributed by atoms with E-state index in [1.54, 1.807) is 0 Å². The molecule has 1 N–H and O–H groups in total. The first-order valence-corrected chi connectivity index (χ1v) is 4.10. The van der Waals surface area contributed by atoms with Gasteiger partial charge >= 0.3 is 5.97 Å². The fourth-order valence-corrected chi connectivity index (χ4v) is 1.98. The van der Waals surface area contributed by atoms with Gasteiger partial charge in [-0.05, 0) is 13.0 Å². The second-order valence-corrected chi connectivity index (χ2v) is 3.78. The molecule has 0 aromatic carbocycles. The molecule has 3 nitrogen and oxygen atoms in total. The first kappa shape index (κ1) is 7.10. The average molecular weight is 155 g/mol. The lowest BCUT2D eigenvalue weighted by Crippen LogP contribution is -2.44. The molecular weight excluding hydrogens is 142 g/mol. The van der Waals surface area contributed by atoms with Gasteiger partial charge in [-0.3, -0.25) is 4.79 Å². The van der Waals surface area contributed by atoms with Gasteiger partial charge in [0.2, 0.25) is 0 Å². The van der Waals surface area contributed by atoms with Crippen molar-refractivity contribution in [2.75, 3.05) is 19.7 Å². The van der Waals surface area contributed by atoms with Gasteiger partial charge in [0.05, 0.1) is 12.5 Å². The molecule has 2 heterocycles. The van der Waals surface area contributed by atoms with Gasteiger partial charge in [0.25, 0.3) is 0 Å². The summed E-state index contributed by atoms with van der Waals surface area (Å²) in [5.74, 6) is 0.165. The van der Waals surface area contributed by atoms with Crippen LogP contribution in [-0.2, 0) is 9.53 Å². The van der Waals surface area contributed by atoms with Gasteiger partial charge in [0, 0.05) is 12.0 Å². The van der Waals surface area contributed by atoms with Crippen molar-refractivity contribution in [2.24, 2.45) is 11.3 Å². The minimum absolute atomic E-state index is 0.00833. The number of cyclic esters (lactones) is 1. The van der Waals surface area contributed by atoms with Crippen LogP contribution in [0.25, 0.3) is 0 Å². The molecule has 2 rings (SSSR count). The van der Waals surface area contributed by atoms with Crippen LogP contribution in [0.4, 0.5) is 0 Å². The molecule has 0 spiro atoms. The second-order valence-electron chi connectivity index (χ2n) is 3.78. The Morgan fingerprint density at radius 2 is 2.55 bits per heavy atom. The third kappa shape index (κ3) is 0.948. The van der Waals surface area contributed by atoms with E-state index in [0.717, 1.165) is 19.5 Å². The Labute approximate surface area is 66.1 Å². The zero-order valence-electron chi connectivity index (χ0n) is 6.72. The first-order chi connectivity index (χ1) is 5.22. The van der Waals surface area contributed by atoms with Crippen LogP contribution < -0.4 is 5.32 Å². The van der Waals surface area contributed by atoms with Crippen LogP contribution in [0.3, 0.4) is 0 Å². The van der Waals surface area contributed by atoms with E-state index in [1.807, 2.05) is 0 Å². The number of piperidine rings is 1. The lowest BCUT2D eigenvalue weighted by molar-refractivity contribution is -0.141. The molecule has 2 atom stereocenters. The maximum absolute atomic E-state index is 11.2. The molecule has 3 heteroatoms. The van der Waals surface area contributed by atoms with Crippen molar-refractivity contribution >= 4 is 5.97 Å². The second kappa shape index (κ2) is 2.21. The third-order valence-electron chi connectivity index (χ3n) is 2.81. The van der Waals surface area contributed by atoms with Gasteiger partial charge in [-0.25, -0.2) is 0 Å². The smallest absolute Gasteiger partial charge is 0.309 e. The summed E-state index contributed by atoms with van der Waals surface area (Å²) in [5, 5.41) is 3.28. The molecule has 0 bridgehead atoms. The van der Waals surface area contributed by atoms with Gasteiger partial charge in [-0.2, -0.15) is 0 Å². The van der Waals surface area contributed by atoms with Crippen molar-refractivity contribution < 1.29 is 9.53 Å². The van der Waals surface area contributed by atoms with Crippen LogP contribution in [-0.4, -0.2) is 25.7 Å². The molecule has 0 aliphatic carbocycles. The highest BCUT2D eigenvalue weighted by Gasteiger charge is 2.47. The molecule has 2 fully saturated rings. The van der Waals surface area contributed by atoms with Crippen molar-refractivity contribution in [3.05, 3.63) is 0 Å². The lowest BCUT2D eigenvalue weighted by atomic mass is 9.75. The normalized spacial score (nSPS) is 43.4. The molecule has 2 aliphatic heterocycles. The fourth-order valence-electron chi connectivity index (χ4n) is 1.98. The minimum Gasteiger partial charge on any atom is -0.465 e. The number of carbonyl (C=O) groups excluding carboxylic acids is 1. The summed E-state index contributed by atoms with van der Waals surface area (Å²) < 4.78 is 5.02. The summed E-state index contributed by atoms with van der Waals surface area (Å²) in [7, 11) is 0. The third-order valence-corrected chi connectivity index (χ3v) is 2.81. The predicted octanol–water partition coefficient (Wildman–Crippen LogP) is 0.159. The number of hydrogen-bond acceptors (Lipinski definition) is 3. The summed E-state index contributed by atoms with van der Waals surface area (Å²) in [5.41, 5.74) is 0.0787. The van der Waals surface area contributed by atoms with E-state index >= 15 is 0 Å². The molecular formula is C8H13NO2. The van der Waals surface area contributed by atoms with E-state index in [4.69, 9.17) is 4.74 Å². The summed E-state index contributed by atoms with van der Waals surface area (Å²) in [6, 6.07) is 0. The molecule has 2 aliphatic rings. The van der Waals surface area contributed by atoms with Crippen LogP contribution in [0.1, 0.15) is 13.3 Å². The van der Waals surface area contributed by atoms with E-state index in [1.165, 1.54) is 0 Å². The Balaban J connectivity index is 2.21. The number of nitrogens with one attached hydrogen (secondary N) is 1. The summed E-state index contributed by atoms with van der Waals surface area (Å²) in [4.78, 5) is 11.2. The maximum Gasteiger partial charge on any atom is 0.309 e. The van der Waals surface area contributed by atoms with Crippen LogP contribution in [0.5, 0.6) is 0 Å². The van der Waals surface area contributed by atoms with Gasteiger partial charge in [-0.1, -0.05) is 6.92 Å². The Hall–Kier alpha value is -0.570. The number of esters is 1. The van der Waals surface area contributed by atoms with Crippen LogP contribution in [0.15, 0.2) is 0 Å². The van der Waals surface area contributed by atoms with E-state index < -0.39 is 0 Å². The van der Waals surface area contributed by atoms with Crippen LogP contribution >= 0.6 is 0 Å². The Morgan fingerprint density at radius 3 is 3.27 bits per heavy atom. The van der Waals surface area contributed by atoms with Crippen molar-refractivity contribution in [1.82, 2.24) is 5.32 Å². The standard InChI is InChI=1S/C8H13NO2/c1-8-4-9-3-2-6(8)7(10)11-5-8/h6,9H,2-5H2,1H3. The quantitative estimate of drug-likeness (QED) is 0.506. The summed E-state index contributed by atoms with van der Waals surface area (Å²) in [6.45, 7) is 4.59. The molecule has 2 unspecified atom stereocenters. The topological polar surface area (TPSA) is 38.3 Å². The zero-order chi connectivity index (χ0) is 7.90. The molecule has 0 radical (unpaired) electrons. The molecule has 0 amide bonds. The average Bonchev–Trinajstić information content (AvgIpc) is 2.29. The molecule has 0 aromatic heterocycles. The minimum atomic E-state index is 0.00833. The number of carbonyl (C=O) groups is 1. The lowest BCUT2D eigenvalue weighted by Gasteiger charge is -2.32. The zero-order valence-corrected chi connectivity index (χ0v) is 6.72. The largest absolute Gasteiger partial charge is 0.465 e. The van der Waals surface area contributed by atoms with E-state index in [2.05, 4.69) is 12.2 Å². The Morgan fingerprint density at radius 1 is 1.73 bits per heavy atom. The number of rotatable bonds is 0. The summed E-state index contributed by atoms with van der Waals surface area (Å²) in [6.07, 6.45) is 0.940. The van der Waals surface area contributed by atoms with Gasteiger partial charge in [0.1, 0.15) is 0 Å². The SMILES string of the molecule is CC12CNCCC1C(=O)OC2. The van der Waals surface area contributed by atoms with Crippen molar-refractivity contribution in [2.45, 2.75) is 13.3 Å². The highest BCUT2D eigenvalue weighted by atomic mass is 16.5. The fraction of sp³-hybridized carbons (Fsp3) is 0.875. The maximum atomic E-state index is 11.2.